The van der Waals surface area contributed by atoms with Crippen LogP contribution in [0, 0.1) is 0 Å². The van der Waals surface area contributed by atoms with Crippen LogP contribution in [0.5, 0.6) is 0 Å². The lowest BCUT2D eigenvalue weighted by Crippen LogP contribution is -1.96. The van der Waals surface area contributed by atoms with Crippen LogP contribution in [-0.4, -0.2) is 9.55 Å². The van der Waals surface area contributed by atoms with Gasteiger partial charge in [0.2, 0.25) is 0 Å². The van der Waals surface area contributed by atoms with E-state index in [2.05, 4.69) is 32.4 Å². The summed E-state index contributed by atoms with van der Waals surface area (Å²) in [7, 11) is 0. The van der Waals surface area contributed by atoms with Crippen LogP contribution in [0.15, 0.2) is 17.1 Å². The first kappa shape index (κ1) is 16.7. The number of rotatable bonds is 12. The van der Waals surface area contributed by atoms with Gasteiger partial charge in [0.05, 0.1) is 0 Å². The van der Waals surface area contributed by atoms with Crippen LogP contribution in [0.1, 0.15) is 77.6 Å². The Labute approximate surface area is 127 Å². The van der Waals surface area contributed by atoms with Gasteiger partial charge in [0.15, 0.2) is 4.73 Å². The molecular formula is C16H29BrN2. The van der Waals surface area contributed by atoms with Crippen LogP contribution in [0.25, 0.3) is 0 Å². The van der Waals surface area contributed by atoms with Gasteiger partial charge in [-0.1, -0.05) is 71.1 Å². The summed E-state index contributed by atoms with van der Waals surface area (Å²) >= 11 is 3.45. The molecule has 3 heteroatoms. The quantitative estimate of drug-likeness (QED) is 0.433. The maximum atomic E-state index is 4.17. The minimum Gasteiger partial charge on any atom is -0.326 e. The Balaban J connectivity index is 1.80. The molecule has 0 aliphatic carbocycles. The minimum absolute atomic E-state index is 0.958. The summed E-state index contributed by atoms with van der Waals surface area (Å²) in [4.78, 5) is 4.17. The summed E-state index contributed by atoms with van der Waals surface area (Å²) in [6.07, 6.45) is 19.3. The molecule has 0 bridgehead atoms. The lowest BCUT2D eigenvalue weighted by atomic mass is 10.1. The summed E-state index contributed by atoms with van der Waals surface area (Å²) in [5.41, 5.74) is 0. The molecular weight excluding hydrogens is 300 g/mol. The van der Waals surface area contributed by atoms with Crippen molar-refractivity contribution in [2.45, 2.75) is 84.1 Å². The highest BCUT2D eigenvalue weighted by atomic mass is 79.9. The zero-order valence-corrected chi connectivity index (χ0v) is 14.0. The number of imidazole rings is 1. The highest BCUT2D eigenvalue weighted by Gasteiger charge is 1.97. The topological polar surface area (TPSA) is 17.8 Å². The van der Waals surface area contributed by atoms with Crippen LogP contribution in [0.4, 0.5) is 0 Å². The Morgan fingerprint density at radius 1 is 0.895 bits per heavy atom. The SMILES string of the molecule is CCCCCCCCCCCCCn1ccnc1Br. The van der Waals surface area contributed by atoms with Gasteiger partial charge in [-0.25, -0.2) is 4.98 Å². The van der Waals surface area contributed by atoms with Gasteiger partial charge in [0.1, 0.15) is 0 Å². The number of hydrogen-bond acceptors (Lipinski definition) is 1. The van der Waals surface area contributed by atoms with Crippen molar-refractivity contribution in [1.29, 1.82) is 0 Å². The molecule has 110 valence electrons. The molecule has 0 N–H and O–H groups in total. The first-order valence-electron chi connectivity index (χ1n) is 8.01. The smallest absolute Gasteiger partial charge is 0.177 e. The number of hydrogen-bond donors (Lipinski definition) is 0. The van der Waals surface area contributed by atoms with Gasteiger partial charge in [-0.2, -0.15) is 0 Å². The molecule has 1 aromatic heterocycles. The van der Waals surface area contributed by atoms with Crippen molar-refractivity contribution in [2.24, 2.45) is 0 Å². The largest absolute Gasteiger partial charge is 0.326 e. The van der Waals surface area contributed by atoms with Gasteiger partial charge < -0.3 is 4.57 Å². The van der Waals surface area contributed by atoms with Gasteiger partial charge in [-0.3, -0.25) is 0 Å². The molecule has 0 aliphatic rings. The summed E-state index contributed by atoms with van der Waals surface area (Å²) in [5.74, 6) is 0. The molecule has 1 heterocycles. The Morgan fingerprint density at radius 2 is 1.42 bits per heavy atom. The Kier molecular flexibility index (Phi) is 10.1. The second kappa shape index (κ2) is 11.5. The number of nitrogens with zero attached hydrogens (tertiary/aromatic N) is 2. The summed E-state index contributed by atoms with van der Waals surface area (Å²) in [6, 6.07) is 0. The number of aromatic nitrogens is 2. The molecule has 19 heavy (non-hydrogen) atoms. The average molecular weight is 329 g/mol. The van der Waals surface area contributed by atoms with E-state index in [0.29, 0.717) is 0 Å². The van der Waals surface area contributed by atoms with Gasteiger partial charge in [-0.05, 0) is 22.4 Å². The molecule has 0 unspecified atom stereocenters. The lowest BCUT2D eigenvalue weighted by molar-refractivity contribution is 0.529. The van der Waals surface area contributed by atoms with Crippen LogP contribution < -0.4 is 0 Å². The maximum absolute atomic E-state index is 4.17. The summed E-state index contributed by atoms with van der Waals surface area (Å²) < 4.78 is 3.13. The second-order valence-electron chi connectivity index (χ2n) is 5.43. The molecule has 0 saturated heterocycles. The van der Waals surface area contributed by atoms with Crippen molar-refractivity contribution in [3.8, 4) is 0 Å². The second-order valence-corrected chi connectivity index (χ2v) is 6.13. The van der Waals surface area contributed by atoms with E-state index in [1.165, 1.54) is 70.6 Å². The van der Waals surface area contributed by atoms with E-state index in [1.807, 2.05) is 12.4 Å². The average Bonchev–Trinajstić information content (AvgIpc) is 2.82. The third-order valence-corrected chi connectivity index (χ3v) is 4.33. The molecule has 1 rings (SSSR count). The highest BCUT2D eigenvalue weighted by molar-refractivity contribution is 9.10. The van der Waals surface area contributed by atoms with E-state index in [-0.39, 0.29) is 0 Å². The fraction of sp³-hybridized carbons (Fsp3) is 0.812. The van der Waals surface area contributed by atoms with Crippen LogP contribution >= 0.6 is 15.9 Å². The summed E-state index contributed by atoms with van der Waals surface area (Å²) in [6.45, 7) is 3.37. The van der Waals surface area contributed by atoms with Gasteiger partial charge >= 0.3 is 0 Å². The molecule has 0 saturated carbocycles. The van der Waals surface area contributed by atoms with Gasteiger partial charge in [0.25, 0.3) is 0 Å². The lowest BCUT2D eigenvalue weighted by Gasteiger charge is -2.04. The minimum atomic E-state index is 0.958. The molecule has 2 nitrogen and oxygen atoms in total. The Hall–Kier alpha value is -0.310. The van der Waals surface area contributed by atoms with Crippen LogP contribution in [-0.2, 0) is 6.54 Å². The molecule has 0 aromatic carbocycles. The zero-order valence-electron chi connectivity index (χ0n) is 12.4. The Morgan fingerprint density at radius 3 is 1.89 bits per heavy atom. The van der Waals surface area contributed by atoms with Crippen molar-refractivity contribution in [2.75, 3.05) is 0 Å². The fourth-order valence-electron chi connectivity index (χ4n) is 2.42. The van der Waals surface area contributed by atoms with Crippen molar-refractivity contribution in [1.82, 2.24) is 9.55 Å². The molecule has 0 spiro atoms. The Bertz CT molecular complexity index is 309. The van der Waals surface area contributed by atoms with E-state index in [1.54, 1.807) is 0 Å². The molecule has 0 atom stereocenters. The first-order valence-corrected chi connectivity index (χ1v) is 8.80. The van der Waals surface area contributed by atoms with Crippen molar-refractivity contribution in [3.63, 3.8) is 0 Å². The van der Waals surface area contributed by atoms with Gasteiger partial charge in [0, 0.05) is 18.9 Å². The maximum Gasteiger partial charge on any atom is 0.177 e. The predicted molar refractivity (Wildman–Crippen MR) is 86.4 cm³/mol. The standard InChI is InChI=1S/C16H29BrN2/c1-2-3-4-5-6-7-8-9-10-11-12-14-19-15-13-18-16(19)17/h13,15H,2-12,14H2,1H3. The van der Waals surface area contributed by atoms with Crippen LogP contribution in [0.3, 0.4) is 0 Å². The first-order chi connectivity index (χ1) is 9.34. The molecule has 0 radical (unpaired) electrons. The molecule has 0 amide bonds. The van der Waals surface area contributed by atoms with E-state index in [9.17, 15) is 0 Å². The molecule has 0 fully saturated rings. The van der Waals surface area contributed by atoms with E-state index in [0.717, 1.165) is 11.3 Å². The molecule has 1 aromatic rings. The fourth-order valence-corrected chi connectivity index (χ4v) is 2.84. The zero-order chi connectivity index (χ0) is 13.8. The van der Waals surface area contributed by atoms with Crippen molar-refractivity contribution < 1.29 is 0 Å². The van der Waals surface area contributed by atoms with Crippen molar-refractivity contribution in [3.05, 3.63) is 17.1 Å². The number of aryl methyl sites for hydroxylation is 1. The van der Waals surface area contributed by atoms with E-state index in [4.69, 9.17) is 0 Å². The van der Waals surface area contributed by atoms with E-state index < -0.39 is 0 Å². The third-order valence-electron chi connectivity index (χ3n) is 3.67. The summed E-state index contributed by atoms with van der Waals surface area (Å²) in [5, 5.41) is 0. The normalized spacial score (nSPS) is 11.1. The number of unbranched alkanes of at least 4 members (excludes halogenated alkanes) is 10. The third kappa shape index (κ3) is 8.46. The van der Waals surface area contributed by atoms with E-state index >= 15 is 0 Å². The van der Waals surface area contributed by atoms with Gasteiger partial charge in [-0.15, -0.1) is 0 Å². The van der Waals surface area contributed by atoms with Crippen LogP contribution in [0.2, 0.25) is 0 Å². The monoisotopic (exact) mass is 328 g/mol. The number of halogens is 1. The van der Waals surface area contributed by atoms with Crippen molar-refractivity contribution >= 4 is 15.9 Å². The highest BCUT2D eigenvalue weighted by Crippen LogP contribution is 2.12. The predicted octanol–water partition coefficient (Wildman–Crippen LogP) is 5.96. The molecule has 0 aliphatic heterocycles.